The van der Waals surface area contributed by atoms with Crippen LogP contribution in [0, 0.1) is 5.82 Å². The summed E-state index contributed by atoms with van der Waals surface area (Å²) in [5.74, 6) is -1.06. The SMILES string of the molecule is Cn1c(Nc2c[nH]c3ccc(Cl)cc23)nc2cc(C(F)(F)F)c(F)cc21. The molecule has 0 radical (unpaired) electrons. The summed E-state index contributed by atoms with van der Waals surface area (Å²) < 4.78 is 54.0. The molecule has 0 saturated heterocycles. The Bertz CT molecular complexity index is 1140. The first kappa shape index (κ1) is 16.7. The molecule has 0 aliphatic rings. The maximum atomic E-state index is 13.8. The number of halogens is 5. The van der Waals surface area contributed by atoms with E-state index in [4.69, 9.17) is 11.6 Å². The summed E-state index contributed by atoms with van der Waals surface area (Å²) in [6.07, 6.45) is -3.08. The summed E-state index contributed by atoms with van der Waals surface area (Å²) in [7, 11) is 1.59. The number of hydrogen-bond donors (Lipinski definition) is 2. The maximum Gasteiger partial charge on any atom is 0.419 e. The lowest BCUT2D eigenvalue weighted by Crippen LogP contribution is -2.08. The van der Waals surface area contributed by atoms with Crippen molar-refractivity contribution in [3.8, 4) is 0 Å². The quantitative estimate of drug-likeness (QED) is 0.443. The fourth-order valence-electron chi connectivity index (χ4n) is 2.86. The van der Waals surface area contributed by atoms with E-state index in [0.717, 1.165) is 17.0 Å². The second kappa shape index (κ2) is 5.63. The maximum absolute atomic E-state index is 13.8. The molecule has 0 unspecified atom stereocenters. The first-order valence-electron chi connectivity index (χ1n) is 7.51. The summed E-state index contributed by atoms with van der Waals surface area (Å²) in [6.45, 7) is 0. The second-order valence-corrected chi connectivity index (χ2v) is 6.27. The Labute approximate surface area is 149 Å². The Morgan fingerprint density at radius 3 is 2.69 bits per heavy atom. The van der Waals surface area contributed by atoms with Gasteiger partial charge in [-0.3, -0.25) is 0 Å². The molecule has 2 aromatic carbocycles. The molecular weight excluding hydrogens is 372 g/mol. The van der Waals surface area contributed by atoms with Crippen molar-refractivity contribution < 1.29 is 17.6 Å². The highest BCUT2D eigenvalue weighted by molar-refractivity contribution is 6.31. The lowest BCUT2D eigenvalue weighted by molar-refractivity contribution is -0.139. The number of aromatic amines is 1. The van der Waals surface area contributed by atoms with Gasteiger partial charge >= 0.3 is 6.18 Å². The lowest BCUT2D eigenvalue weighted by atomic mass is 10.2. The molecule has 4 aromatic rings. The van der Waals surface area contributed by atoms with Crippen LogP contribution in [0.15, 0.2) is 36.5 Å². The number of aryl methyl sites for hydroxylation is 1. The minimum absolute atomic E-state index is 0.0431. The number of aromatic nitrogens is 3. The van der Waals surface area contributed by atoms with Crippen molar-refractivity contribution in [2.75, 3.05) is 5.32 Å². The number of alkyl halides is 3. The molecule has 0 aliphatic heterocycles. The molecule has 0 saturated carbocycles. The van der Waals surface area contributed by atoms with Crippen molar-refractivity contribution in [1.29, 1.82) is 0 Å². The summed E-state index contributed by atoms with van der Waals surface area (Å²) in [4.78, 5) is 7.23. The number of nitrogens with one attached hydrogen (secondary N) is 2. The van der Waals surface area contributed by atoms with Crippen LogP contribution in [-0.2, 0) is 13.2 Å². The number of H-pyrrole nitrogens is 1. The minimum Gasteiger partial charge on any atom is -0.359 e. The normalized spacial score (nSPS) is 12.2. The fourth-order valence-corrected chi connectivity index (χ4v) is 3.03. The molecule has 0 aliphatic carbocycles. The monoisotopic (exact) mass is 382 g/mol. The first-order valence-corrected chi connectivity index (χ1v) is 7.88. The van der Waals surface area contributed by atoms with E-state index in [9.17, 15) is 17.6 Å². The van der Waals surface area contributed by atoms with Crippen molar-refractivity contribution in [3.63, 3.8) is 0 Å². The molecule has 134 valence electrons. The van der Waals surface area contributed by atoms with E-state index in [-0.39, 0.29) is 17.0 Å². The molecule has 2 heterocycles. The van der Waals surface area contributed by atoms with Crippen LogP contribution >= 0.6 is 11.6 Å². The van der Waals surface area contributed by atoms with Gasteiger partial charge in [0.05, 0.1) is 22.3 Å². The standard InChI is InChI=1S/C17H11ClF4N4/c1-26-15-6-11(19)10(17(20,21)22)5-13(15)24-16(26)25-14-7-23-12-3-2-8(18)4-9(12)14/h2-7,23H,1H3,(H,24,25). The van der Waals surface area contributed by atoms with Gasteiger partial charge in [0, 0.05) is 35.2 Å². The molecule has 4 rings (SSSR count). The Hall–Kier alpha value is -2.74. The average molecular weight is 383 g/mol. The summed E-state index contributed by atoms with van der Waals surface area (Å²) in [5, 5.41) is 4.39. The predicted octanol–water partition coefficient (Wildman–Crippen LogP) is 5.61. The van der Waals surface area contributed by atoms with Crippen LogP contribution in [-0.4, -0.2) is 14.5 Å². The van der Waals surface area contributed by atoms with Crippen molar-refractivity contribution in [2.45, 2.75) is 6.18 Å². The van der Waals surface area contributed by atoms with Crippen LogP contribution in [0.25, 0.3) is 21.9 Å². The molecular formula is C17H11ClF4N4. The van der Waals surface area contributed by atoms with E-state index in [2.05, 4.69) is 15.3 Å². The van der Waals surface area contributed by atoms with E-state index in [1.54, 1.807) is 25.4 Å². The minimum atomic E-state index is -4.78. The topological polar surface area (TPSA) is 45.6 Å². The van der Waals surface area contributed by atoms with Gasteiger partial charge in [-0.05, 0) is 24.3 Å². The Morgan fingerprint density at radius 1 is 1.19 bits per heavy atom. The van der Waals surface area contributed by atoms with Crippen LogP contribution in [0.3, 0.4) is 0 Å². The molecule has 0 fully saturated rings. The van der Waals surface area contributed by atoms with Gasteiger partial charge in [0.25, 0.3) is 0 Å². The molecule has 0 atom stereocenters. The van der Waals surface area contributed by atoms with Gasteiger partial charge in [-0.2, -0.15) is 13.2 Å². The zero-order valence-electron chi connectivity index (χ0n) is 13.2. The second-order valence-electron chi connectivity index (χ2n) is 5.83. The van der Waals surface area contributed by atoms with Crippen LogP contribution in [0.2, 0.25) is 5.02 Å². The molecule has 0 spiro atoms. The van der Waals surface area contributed by atoms with E-state index in [1.807, 2.05) is 6.07 Å². The highest BCUT2D eigenvalue weighted by atomic mass is 35.5. The lowest BCUT2D eigenvalue weighted by Gasteiger charge is -2.08. The third-order valence-electron chi connectivity index (χ3n) is 4.17. The van der Waals surface area contributed by atoms with Crippen LogP contribution in [0.4, 0.5) is 29.2 Å². The van der Waals surface area contributed by atoms with Crippen molar-refractivity contribution in [3.05, 3.63) is 52.9 Å². The fraction of sp³-hybridized carbons (Fsp3) is 0.118. The number of nitrogens with zero attached hydrogens (tertiary/aromatic N) is 2. The predicted molar refractivity (Wildman–Crippen MR) is 92.3 cm³/mol. The van der Waals surface area contributed by atoms with Gasteiger partial charge in [-0.15, -0.1) is 0 Å². The van der Waals surface area contributed by atoms with Gasteiger partial charge in [0.1, 0.15) is 5.82 Å². The summed E-state index contributed by atoms with van der Waals surface area (Å²) in [6, 6.07) is 6.84. The molecule has 0 bridgehead atoms. The first-order chi connectivity index (χ1) is 12.2. The molecule has 4 nitrogen and oxygen atoms in total. The number of fused-ring (bicyclic) bond motifs is 2. The van der Waals surface area contributed by atoms with E-state index >= 15 is 0 Å². The number of hydrogen-bond acceptors (Lipinski definition) is 2. The van der Waals surface area contributed by atoms with Crippen molar-refractivity contribution >= 4 is 45.2 Å². The smallest absolute Gasteiger partial charge is 0.359 e. The third-order valence-corrected chi connectivity index (χ3v) is 4.40. The van der Waals surface area contributed by atoms with Crippen LogP contribution in [0.5, 0.6) is 0 Å². The number of imidazole rings is 1. The van der Waals surface area contributed by atoms with Crippen molar-refractivity contribution in [2.24, 2.45) is 7.05 Å². The molecule has 0 amide bonds. The van der Waals surface area contributed by atoms with Gasteiger partial charge in [0.15, 0.2) is 0 Å². The number of rotatable bonds is 2. The zero-order chi connectivity index (χ0) is 18.6. The highest BCUT2D eigenvalue weighted by Gasteiger charge is 2.35. The summed E-state index contributed by atoms with van der Waals surface area (Å²) in [5.41, 5.74) is 0.435. The van der Waals surface area contributed by atoms with Crippen LogP contribution in [0.1, 0.15) is 5.56 Å². The van der Waals surface area contributed by atoms with Crippen LogP contribution < -0.4 is 5.32 Å². The van der Waals surface area contributed by atoms with Gasteiger partial charge in [0.2, 0.25) is 5.95 Å². The summed E-state index contributed by atoms with van der Waals surface area (Å²) >= 11 is 6.01. The van der Waals surface area contributed by atoms with Gasteiger partial charge < -0.3 is 14.9 Å². The Balaban J connectivity index is 1.81. The van der Waals surface area contributed by atoms with E-state index < -0.39 is 17.6 Å². The highest BCUT2D eigenvalue weighted by Crippen LogP contribution is 2.35. The third kappa shape index (κ3) is 2.66. The zero-order valence-corrected chi connectivity index (χ0v) is 14.0. The molecule has 26 heavy (non-hydrogen) atoms. The average Bonchev–Trinajstić information content (AvgIpc) is 3.08. The number of benzene rings is 2. The number of anilines is 2. The van der Waals surface area contributed by atoms with Gasteiger partial charge in [-0.25, -0.2) is 9.37 Å². The van der Waals surface area contributed by atoms with E-state index in [0.29, 0.717) is 16.8 Å². The molecule has 2 N–H and O–H groups in total. The Kier molecular flexibility index (Phi) is 3.62. The largest absolute Gasteiger partial charge is 0.419 e. The van der Waals surface area contributed by atoms with Gasteiger partial charge in [-0.1, -0.05) is 11.6 Å². The molecule has 9 heteroatoms. The molecule has 2 aromatic heterocycles. The van der Waals surface area contributed by atoms with Crippen molar-refractivity contribution in [1.82, 2.24) is 14.5 Å². The van der Waals surface area contributed by atoms with E-state index in [1.165, 1.54) is 4.57 Å². The Morgan fingerprint density at radius 2 is 1.96 bits per heavy atom.